The highest BCUT2D eigenvalue weighted by Crippen LogP contribution is 2.34. The fourth-order valence-electron chi connectivity index (χ4n) is 3.51. The number of nitrogens with zero attached hydrogens (tertiary/aromatic N) is 3. The molecule has 0 saturated carbocycles. The third kappa shape index (κ3) is 4.71. The molecule has 1 aliphatic heterocycles. The number of aromatic nitrogens is 2. The summed E-state index contributed by atoms with van der Waals surface area (Å²) >= 11 is 1.16. The van der Waals surface area contributed by atoms with Gasteiger partial charge >= 0.3 is 0 Å². The molecule has 32 heavy (non-hydrogen) atoms. The van der Waals surface area contributed by atoms with Crippen molar-refractivity contribution in [3.8, 4) is 0 Å². The van der Waals surface area contributed by atoms with E-state index in [9.17, 15) is 18.0 Å². The highest BCUT2D eigenvalue weighted by molar-refractivity contribution is 7.92. The van der Waals surface area contributed by atoms with Crippen molar-refractivity contribution >= 4 is 43.8 Å². The lowest BCUT2D eigenvalue weighted by Gasteiger charge is -2.17. The van der Waals surface area contributed by atoms with E-state index in [1.165, 1.54) is 12.1 Å². The quantitative estimate of drug-likeness (QED) is 0.593. The van der Waals surface area contributed by atoms with Crippen molar-refractivity contribution in [2.45, 2.75) is 31.1 Å². The zero-order valence-electron chi connectivity index (χ0n) is 17.6. The van der Waals surface area contributed by atoms with E-state index in [4.69, 9.17) is 0 Å². The monoisotopic (exact) mass is 470 g/mol. The summed E-state index contributed by atoms with van der Waals surface area (Å²) in [6.07, 6.45) is 0.303. The second kappa shape index (κ2) is 8.79. The number of benzene rings is 2. The maximum atomic E-state index is 12.6. The number of sulfone groups is 1. The molecule has 2 amide bonds. The molecular weight excluding hydrogens is 448 g/mol. The van der Waals surface area contributed by atoms with Crippen LogP contribution in [0.1, 0.15) is 28.5 Å². The van der Waals surface area contributed by atoms with Crippen molar-refractivity contribution in [2.24, 2.45) is 0 Å². The van der Waals surface area contributed by atoms with Gasteiger partial charge in [-0.15, -0.1) is 10.2 Å². The van der Waals surface area contributed by atoms with E-state index in [2.05, 4.69) is 15.5 Å². The molecule has 0 spiro atoms. The molecule has 1 N–H and O–H groups in total. The molecule has 1 fully saturated rings. The molecule has 4 rings (SSSR count). The summed E-state index contributed by atoms with van der Waals surface area (Å²) < 4.78 is 24.7. The minimum Gasteiger partial charge on any atom is -0.312 e. The topological polar surface area (TPSA) is 109 Å². The van der Waals surface area contributed by atoms with Crippen LogP contribution in [-0.2, 0) is 19.4 Å². The number of anilines is 2. The zero-order valence-corrected chi connectivity index (χ0v) is 19.2. The summed E-state index contributed by atoms with van der Waals surface area (Å²) in [6, 6.07) is 13.7. The van der Waals surface area contributed by atoms with E-state index in [1.54, 1.807) is 23.1 Å². The van der Waals surface area contributed by atoms with Gasteiger partial charge in [0, 0.05) is 24.6 Å². The van der Waals surface area contributed by atoms with Gasteiger partial charge in [-0.25, -0.2) is 8.42 Å². The van der Waals surface area contributed by atoms with E-state index in [1.807, 2.05) is 32.0 Å². The Balaban J connectivity index is 1.41. The van der Waals surface area contributed by atoms with Crippen LogP contribution in [0.15, 0.2) is 53.4 Å². The Bertz CT molecular complexity index is 1270. The fraction of sp³-hybridized carbons (Fsp3) is 0.273. The first-order valence-corrected chi connectivity index (χ1v) is 12.5. The molecule has 8 nitrogen and oxygen atoms in total. The van der Waals surface area contributed by atoms with Gasteiger partial charge < -0.3 is 4.90 Å². The smallest absolute Gasteiger partial charge is 0.241 e. The van der Waals surface area contributed by atoms with Crippen LogP contribution in [0.2, 0.25) is 0 Å². The molecule has 1 atom stereocenters. The Hall–Kier alpha value is -3.11. The largest absolute Gasteiger partial charge is 0.312 e. The highest BCUT2D eigenvalue weighted by atomic mass is 32.2. The number of aryl methyl sites for hydroxylation is 2. The average Bonchev–Trinajstić information content (AvgIpc) is 3.37. The number of nitrogens with one attached hydrogen (secondary N) is 1. The second-order valence-electron chi connectivity index (χ2n) is 7.74. The van der Waals surface area contributed by atoms with Gasteiger partial charge in [0.1, 0.15) is 10.8 Å². The lowest BCUT2D eigenvalue weighted by molar-refractivity contribution is -0.117. The number of rotatable bonds is 6. The second-order valence-corrected chi connectivity index (χ2v) is 10.7. The first-order valence-electron chi connectivity index (χ1n) is 10.0. The molecule has 0 bridgehead atoms. The Morgan fingerprint density at radius 2 is 1.88 bits per heavy atom. The fourth-order valence-corrected chi connectivity index (χ4v) is 5.51. The lowest BCUT2D eigenvalue weighted by atomic mass is 10.1. The SMILES string of the molecule is Cc1ccc(N2C[C@@H](c3nnc(NC(=O)CS(=O)(=O)c4ccccc4)s3)CC2=O)cc1C. The number of carbonyl (C=O) groups excluding carboxylic acids is 2. The van der Waals surface area contributed by atoms with Crippen molar-refractivity contribution < 1.29 is 18.0 Å². The van der Waals surface area contributed by atoms with E-state index >= 15 is 0 Å². The van der Waals surface area contributed by atoms with Crippen molar-refractivity contribution in [3.05, 3.63) is 64.7 Å². The molecule has 1 saturated heterocycles. The van der Waals surface area contributed by atoms with Gasteiger partial charge in [0.05, 0.1) is 4.90 Å². The molecule has 1 aliphatic rings. The highest BCUT2D eigenvalue weighted by Gasteiger charge is 2.34. The molecule has 3 aromatic rings. The molecule has 0 radical (unpaired) electrons. The van der Waals surface area contributed by atoms with Crippen molar-refractivity contribution in [1.29, 1.82) is 0 Å². The minimum atomic E-state index is -3.75. The van der Waals surface area contributed by atoms with Crippen LogP contribution >= 0.6 is 11.3 Å². The molecule has 2 aromatic carbocycles. The maximum absolute atomic E-state index is 12.6. The normalized spacial score (nSPS) is 16.4. The van der Waals surface area contributed by atoms with Crippen LogP contribution in [0.5, 0.6) is 0 Å². The summed E-state index contributed by atoms with van der Waals surface area (Å²) in [7, 11) is -3.75. The van der Waals surface area contributed by atoms with Gasteiger partial charge in [-0.3, -0.25) is 14.9 Å². The Morgan fingerprint density at radius 3 is 2.59 bits per heavy atom. The lowest BCUT2D eigenvalue weighted by Crippen LogP contribution is -2.24. The Labute approximate surface area is 190 Å². The van der Waals surface area contributed by atoms with Gasteiger partial charge in [-0.1, -0.05) is 35.6 Å². The predicted molar refractivity (Wildman–Crippen MR) is 123 cm³/mol. The number of hydrogen-bond donors (Lipinski definition) is 1. The number of amides is 2. The first-order chi connectivity index (χ1) is 15.2. The number of carbonyl (C=O) groups is 2. The third-order valence-corrected chi connectivity index (χ3v) is 8.02. The maximum Gasteiger partial charge on any atom is 0.241 e. The van der Waals surface area contributed by atoms with Crippen LogP contribution in [0.3, 0.4) is 0 Å². The molecule has 0 aliphatic carbocycles. The Kier molecular flexibility index (Phi) is 6.07. The van der Waals surface area contributed by atoms with Crippen molar-refractivity contribution in [3.63, 3.8) is 0 Å². The van der Waals surface area contributed by atoms with Crippen LogP contribution in [-0.4, -0.2) is 42.7 Å². The molecule has 10 heteroatoms. The molecule has 0 unspecified atom stereocenters. The van der Waals surface area contributed by atoms with Gasteiger partial charge in [-0.2, -0.15) is 0 Å². The van der Waals surface area contributed by atoms with Crippen LogP contribution in [0.25, 0.3) is 0 Å². The molecule has 1 aromatic heterocycles. The number of hydrogen-bond acceptors (Lipinski definition) is 7. The molecular formula is C22H22N4O4S2. The van der Waals surface area contributed by atoms with Crippen molar-refractivity contribution in [2.75, 3.05) is 22.5 Å². The third-order valence-electron chi connectivity index (χ3n) is 5.39. The van der Waals surface area contributed by atoms with Gasteiger partial charge in [-0.05, 0) is 49.2 Å². The van der Waals surface area contributed by atoms with E-state index in [0.29, 0.717) is 18.0 Å². The van der Waals surface area contributed by atoms with Gasteiger partial charge in [0.2, 0.25) is 16.9 Å². The van der Waals surface area contributed by atoms with E-state index in [-0.39, 0.29) is 21.9 Å². The summed E-state index contributed by atoms with van der Waals surface area (Å²) in [6.45, 7) is 4.51. The Morgan fingerprint density at radius 1 is 1.12 bits per heavy atom. The van der Waals surface area contributed by atoms with Crippen LogP contribution in [0, 0.1) is 13.8 Å². The van der Waals surface area contributed by atoms with Crippen LogP contribution in [0.4, 0.5) is 10.8 Å². The first kappa shape index (κ1) is 22.1. The average molecular weight is 471 g/mol. The molecule has 2 heterocycles. The predicted octanol–water partition coefficient (Wildman–Crippen LogP) is 3.09. The van der Waals surface area contributed by atoms with E-state index in [0.717, 1.165) is 28.2 Å². The van der Waals surface area contributed by atoms with Crippen molar-refractivity contribution in [1.82, 2.24) is 10.2 Å². The minimum absolute atomic E-state index is 0.00740. The summed E-state index contributed by atoms with van der Waals surface area (Å²) in [5.41, 5.74) is 3.13. The van der Waals surface area contributed by atoms with E-state index < -0.39 is 21.5 Å². The van der Waals surface area contributed by atoms with Gasteiger partial charge in [0.25, 0.3) is 0 Å². The summed E-state index contributed by atoms with van der Waals surface area (Å²) in [4.78, 5) is 26.7. The summed E-state index contributed by atoms with van der Waals surface area (Å²) in [5.74, 6) is -1.50. The summed E-state index contributed by atoms with van der Waals surface area (Å²) in [5, 5.41) is 11.4. The van der Waals surface area contributed by atoms with Gasteiger partial charge in [0.15, 0.2) is 9.84 Å². The standard InChI is InChI=1S/C22H22N4O4S2/c1-14-8-9-17(10-15(14)2)26-12-16(11-20(26)28)21-24-25-22(31-21)23-19(27)13-32(29,30)18-6-4-3-5-7-18/h3-10,16H,11-13H2,1-2H3,(H,23,25,27)/t16-/m0/s1. The van der Waals surface area contributed by atoms with Crippen LogP contribution < -0.4 is 10.2 Å². The molecule has 166 valence electrons. The zero-order chi connectivity index (χ0) is 22.9.